The largest absolute Gasteiger partial charge is 0.369 e. The minimum Gasteiger partial charge on any atom is -0.369 e. The first-order valence-electron chi connectivity index (χ1n) is 4.80. The van der Waals surface area contributed by atoms with Crippen molar-refractivity contribution >= 4 is 17.1 Å². The summed E-state index contributed by atoms with van der Waals surface area (Å²) in [6.07, 6.45) is 1.04. The minimum atomic E-state index is 0.581. The average molecular weight is 193 g/mol. The molecule has 0 radical (unpaired) electrons. The van der Waals surface area contributed by atoms with Crippen molar-refractivity contribution in [3.8, 4) is 0 Å². The summed E-state index contributed by atoms with van der Waals surface area (Å²) in [4.78, 5) is 4.31. The third kappa shape index (κ3) is 1.08. The van der Waals surface area contributed by atoms with Crippen LogP contribution in [0.2, 0.25) is 0 Å². The molecule has 0 fully saturated rings. The van der Waals surface area contributed by atoms with E-state index in [1.54, 1.807) is 0 Å². The third-order valence-corrected chi connectivity index (χ3v) is 2.37. The number of aromatic nitrogens is 4. The fourth-order valence-electron chi connectivity index (χ4n) is 1.80. The third-order valence-electron chi connectivity index (χ3n) is 2.37. The molecule has 0 aromatic carbocycles. The summed E-state index contributed by atoms with van der Waals surface area (Å²) >= 11 is 0. The van der Waals surface area contributed by atoms with Gasteiger partial charge in [-0.1, -0.05) is 6.92 Å². The van der Waals surface area contributed by atoms with E-state index in [1.807, 2.05) is 23.2 Å². The molecule has 2 heterocycles. The van der Waals surface area contributed by atoms with Crippen LogP contribution in [0.1, 0.15) is 19.0 Å². The van der Waals surface area contributed by atoms with Crippen LogP contribution in [0, 0.1) is 6.92 Å². The summed E-state index contributed by atoms with van der Waals surface area (Å²) in [5.74, 6) is 0.581. The van der Waals surface area contributed by atoms with Gasteiger partial charge < -0.3 is 5.73 Å². The Balaban J connectivity index is 2.73. The van der Waals surface area contributed by atoms with Crippen LogP contribution >= 0.6 is 0 Å². The van der Waals surface area contributed by atoms with E-state index in [2.05, 4.69) is 17.0 Å². The number of imidazole rings is 1. The predicted octanol–water partition coefficient (Wildman–Crippen LogP) is 1.07. The van der Waals surface area contributed by atoms with Crippen LogP contribution in [0.25, 0.3) is 11.2 Å². The van der Waals surface area contributed by atoms with Gasteiger partial charge in [-0.3, -0.25) is 9.25 Å². The smallest absolute Gasteiger partial charge is 0.202 e. The molecule has 0 saturated carbocycles. The van der Waals surface area contributed by atoms with Gasteiger partial charge in [-0.05, 0) is 13.3 Å². The van der Waals surface area contributed by atoms with E-state index in [0.29, 0.717) is 5.95 Å². The zero-order valence-electron chi connectivity index (χ0n) is 8.78. The lowest BCUT2D eigenvalue weighted by Crippen LogP contribution is -2.06. The van der Waals surface area contributed by atoms with Crippen LogP contribution in [0.4, 0.5) is 5.95 Å². The van der Waals surface area contributed by atoms with E-state index >= 15 is 0 Å². The van der Waals surface area contributed by atoms with Crippen LogP contribution < -0.4 is 5.73 Å². The first kappa shape index (κ1) is 9.05. The Morgan fingerprint density at radius 3 is 2.79 bits per heavy atom. The standard InChI is InChI=1S/C9H15N5/c1-4-5-14-8-7(11-9(14)10)6(2)12-13(8)3/h4-5H2,1-3H3,(H2,10,11). The Hall–Kier alpha value is -1.52. The first-order chi connectivity index (χ1) is 6.65. The zero-order chi connectivity index (χ0) is 10.3. The molecule has 5 heteroatoms. The predicted molar refractivity (Wildman–Crippen MR) is 55.9 cm³/mol. The topological polar surface area (TPSA) is 61.7 Å². The molecule has 2 aromatic heterocycles. The minimum absolute atomic E-state index is 0.581. The molecule has 0 atom stereocenters. The molecular formula is C9H15N5. The van der Waals surface area contributed by atoms with Crippen molar-refractivity contribution in [1.82, 2.24) is 19.3 Å². The Bertz CT molecular complexity index is 465. The van der Waals surface area contributed by atoms with Gasteiger partial charge in [-0.2, -0.15) is 5.10 Å². The number of nitrogens with zero attached hydrogens (tertiary/aromatic N) is 4. The Morgan fingerprint density at radius 1 is 1.43 bits per heavy atom. The van der Waals surface area contributed by atoms with Gasteiger partial charge in [0.1, 0.15) is 5.52 Å². The van der Waals surface area contributed by atoms with Gasteiger partial charge in [0.05, 0.1) is 5.69 Å². The molecule has 0 amide bonds. The van der Waals surface area contributed by atoms with Crippen molar-refractivity contribution in [2.45, 2.75) is 26.8 Å². The highest BCUT2D eigenvalue weighted by molar-refractivity contribution is 5.77. The number of rotatable bonds is 2. The van der Waals surface area contributed by atoms with Gasteiger partial charge in [0.15, 0.2) is 5.65 Å². The second kappa shape index (κ2) is 3.01. The van der Waals surface area contributed by atoms with Crippen molar-refractivity contribution in [1.29, 1.82) is 0 Å². The summed E-state index contributed by atoms with van der Waals surface area (Å²) in [6, 6.07) is 0. The Morgan fingerprint density at radius 2 is 2.14 bits per heavy atom. The maximum absolute atomic E-state index is 5.83. The molecule has 0 aliphatic heterocycles. The number of nitrogens with two attached hydrogens (primary N) is 1. The molecule has 2 aromatic rings. The van der Waals surface area contributed by atoms with Crippen molar-refractivity contribution < 1.29 is 0 Å². The van der Waals surface area contributed by atoms with Gasteiger partial charge in [0.25, 0.3) is 0 Å². The molecule has 2 rings (SSSR count). The van der Waals surface area contributed by atoms with E-state index in [0.717, 1.165) is 29.8 Å². The molecule has 0 unspecified atom stereocenters. The molecule has 0 bridgehead atoms. The molecule has 0 spiro atoms. The Labute approximate surface area is 82.5 Å². The lowest BCUT2D eigenvalue weighted by atomic mass is 10.4. The monoisotopic (exact) mass is 193 g/mol. The number of aryl methyl sites for hydroxylation is 3. The van der Waals surface area contributed by atoms with E-state index < -0.39 is 0 Å². The zero-order valence-corrected chi connectivity index (χ0v) is 8.78. The highest BCUT2D eigenvalue weighted by Crippen LogP contribution is 2.20. The first-order valence-corrected chi connectivity index (χ1v) is 4.80. The Kier molecular flexibility index (Phi) is 1.94. The molecule has 76 valence electrons. The van der Waals surface area contributed by atoms with Crippen molar-refractivity contribution in [2.75, 3.05) is 5.73 Å². The van der Waals surface area contributed by atoms with Crippen LogP contribution in [0.15, 0.2) is 0 Å². The number of fused-ring (bicyclic) bond motifs is 1. The van der Waals surface area contributed by atoms with E-state index in [9.17, 15) is 0 Å². The van der Waals surface area contributed by atoms with Gasteiger partial charge in [0, 0.05) is 13.6 Å². The lowest BCUT2D eigenvalue weighted by molar-refractivity contribution is 0.667. The summed E-state index contributed by atoms with van der Waals surface area (Å²) < 4.78 is 3.85. The molecule has 5 nitrogen and oxygen atoms in total. The second-order valence-corrected chi connectivity index (χ2v) is 3.50. The normalized spacial score (nSPS) is 11.4. The molecule has 0 aliphatic rings. The van der Waals surface area contributed by atoms with Crippen molar-refractivity contribution in [3.63, 3.8) is 0 Å². The van der Waals surface area contributed by atoms with Gasteiger partial charge in [0.2, 0.25) is 5.95 Å². The van der Waals surface area contributed by atoms with Gasteiger partial charge in [-0.15, -0.1) is 0 Å². The fraction of sp³-hybridized carbons (Fsp3) is 0.556. The van der Waals surface area contributed by atoms with E-state index in [4.69, 9.17) is 5.73 Å². The van der Waals surface area contributed by atoms with Crippen molar-refractivity contribution in [3.05, 3.63) is 5.69 Å². The van der Waals surface area contributed by atoms with Crippen LogP contribution in [0.5, 0.6) is 0 Å². The number of nitrogen functional groups attached to an aromatic ring is 1. The number of hydrogen-bond donors (Lipinski definition) is 1. The average Bonchev–Trinajstić information content (AvgIpc) is 2.56. The second-order valence-electron chi connectivity index (χ2n) is 3.50. The highest BCUT2D eigenvalue weighted by atomic mass is 15.3. The fourth-order valence-corrected chi connectivity index (χ4v) is 1.80. The maximum Gasteiger partial charge on any atom is 0.202 e. The van der Waals surface area contributed by atoms with E-state index in [1.165, 1.54) is 0 Å². The maximum atomic E-state index is 5.83. The summed E-state index contributed by atoms with van der Waals surface area (Å²) in [6.45, 7) is 4.96. The molecular weight excluding hydrogens is 178 g/mol. The SMILES string of the molecule is CCCn1c(N)nc2c(C)nn(C)c21. The van der Waals surface area contributed by atoms with Crippen LogP contribution in [-0.2, 0) is 13.6 Å². The lowest BCUT2D eigenvalue weighted by Gasteiger charge is -2.03. The summed E-state index contributed by atoms with van der Waals surface area (Å²) in [5.41, 5.74) is 8.70. The summed E-state index contributed by atoms with van der Waals surface area (Å²) in [5, 5.41) is 4.31. The molecule has 2 N–H and O–H groups in total. The quantitative estimate of drug-likeness (QED) is 0.776. The molecule has 14 heavy (non-hydrogen) atoms. The van der Waals surface area contributed by atoms with Crippen molar-refractivity contribution in [2.24, 2.45) is 7.05 Å². The molecule has 0 aliphatic carbocycles. The summed E-state index contributed by atoms with van der Waals surface area (Å²) in [7, 11) is 1.92. The number of hydrogen-bond acceptors (Lipinski definition) is 3. The van der Waals surface area contributed by atoms with Crippen LogP contribution in [0.3, 0.4) is 0 Å². The molecule has 0 saturated heterocycles. The van der Waals surface area contributed by atoms with Crippen LogP contribution in [-0.4, -0.2) is 19.3 Å². The van der Waals surface area contributed by atoms with Gasteiger partial charge >= 0.3 is 0 Å². The number of anilines is 1. The van der Waals surface area contributed by atoms with Gasteiger partial charge in [-0.25, -0.2) is 4.98 Å². The van der Waals surface area contributed by atoms with E-state index in [-0.39, 0.29) is 0 Å². The highest BCUT2D eigenvalue weighted by Gasteiger charge is 2.14.